The van der Waals surface area contributed by atoms with E-state index in [4.69, 9.17) is 4.74 Å². The van der Waals surface area contributed by atoms with Crippen LogP contribution in [0, 0.1) is 5.92 Å². The fraction of sp³-hybridized carbons (Fsp3) is 0.300. The summed E-state index contributed by atoms with van der Waals surface area (Å²) in [5.41, 5.74) is 1.20. The van der Waals surface area contributed by atoms with Crippen LogP contribution in [0.3, 0.4) is 0 Å². The molecule has 1 N–H and O–H groups in total. The van der Waals surface area contributed by atoms with Gasteiger partial charge in [-0.1, -0.05) is 0 Å². The van der Waals surface area contributed by atoms with Gasteiger partial charge in [0.05, 0.1) is 18.7 Å². The number of hydrogen-bond acceptors (Lipinski definition) is 6. The van der Waals surface area contributed by atoms with Crippen molar-refractivity contribution in [3.8, 4) is 11.4 Å². The average molecular weight is 411 g/mol. The Morgan fingerprint density at radius 1 is 1.24 bits per heavy atom. The first kappa shape index (κ1) is 19.1. The van der Waals surface area contributed by atoms with Gasteiger partial charge in [-0.3, -0.25) is 9.59 Å². The predicted molar refractivity (Wildman–Crippen MR) is 109 cm³/mol. The van der Waals surface area contributed by atoms with Crippen molar-refractivity contribution in [2.24, 2.45) is 5.92 Å². The van der Waals surface area contributed by atoms with Crippen molar-refractivity contribution in [3.63, 3.8) is 0 Å². The summed E-state index contributed by atoms with van der Waals surface area (Å²) >= 11 is 1.38. The number of hydrogen-bond donors (Lipinski definition) is 1. The van der Waals surface area contributed by atoms with Crippen molar-refractivity contribution in [1.29, 1.82) is 0 Å². The topological polar surface area (TPSA) is 89.4 Å². The molecule has 8 nitrogen and oxygen atoms in total. The van der Waals surface area contributed by atoms with Gasteiger partial charge in [0.1, 0.15) is 5.75 Å². The number of piperidine rings is 1. The highest BCUT2D eigenvalue weighted by Crippen LogP contribution is 2.21. The summed E-state index contributed by atoms with van der Waals surface area (Å²) < 4.78 is 6.82. The van der Waals surface area contributed by atoms with Gasteiger partial charge < -0.3 is 15.0 Å². The first-order valence-electron chi connectivity index (χ1n) is 9.34. The van der Waals surface area contributed by atoms with Crippen LogP contribution in [0.1, 0.15) is 23.3 Å². The molecule has 3 heterocycles. The molecule has 0 aliphatic carbocycles. The summed E-state index contributed by atoms with van der Waals surface area (Å²) in [4.78, 5) is 31.2. The fourth-order valence-electron chi connectivity index (χ4n) is 3.35. The standard InChI is InChI=1S/C20H21N5O3S/c1-28-16-6-4-15(5-7-16)25-11-8-17(23-25)19(27)24-10-2-3-14(13-24)18(26)22-20-21-9-12-29-20/h4-9,11-12,14H,2-3,10,13H2,1H3,(H,21,22,26). The van der Waals surface area contributed by atoms with E-state index in [-0.39, 0.29) is 17.7 Å². The van der Waals surface area contributed by atoms with Gasteiger partial charge in [0, 0.05) is 30.9 Å². The van der Waals surface area contributed by atoms with Gasteiger partial charge in [-0.2, -0.15) is 5.10 Å². The minimum atomic E-state index is -0.250. The van der Waals surface area contributed by atoms with Crippen molar-refractivity contribution < 1.29 is 14.3 Å². The van der Waals surface area contributed by atoms with E-state index in [1.54, 1.807) is 35.2 Å². The number of carbonyl (C=O) groups is 2. The second-order valence-electron chi connectivity index (χ2n) is 6.76. The van der Waals surface area contributed by atoms with Crippen LogP contribution in [0.2, 0.25) is 0 Å². The van der Waals surface area contributed by atoms with Gasteiger partial charge in [0.25, 0.3) is 5.91 Å². The maximum absolute atomic E-state index is 12.9. The van der Waals surface area contributed by atoms with E-state index in [0.29, 0.717) is 23.9 Å². The number of nitrogens with zero attached hydrogens (tertiary/aromatic N) is 4. The van der Waals surface area contributed by atoms with E-state index in [1.807, 2.05) is 29.6 Å². The van der Waals surface area contributed by atoms with Gasteiger partial charge in [0.2, 0.25) is 5.91 Å². The van der Waals surface area contributed by atoms with Gasteiger partial charge in [-0.05, 0) is 43.2 Å². The lowest BCUT2D eigenvalue weighted by Gasteiger charge is -2.31. The Morgan fingerprint density at radius 3 is 2.79 bits per heavy atom. The number of rotatable bonds is 5. The maximum atomic E-state index is 12.9. The van der Waals surface area contributed by atoms with Gasteiger partial charge in [-0.25, -0.2) is 9.67 Å². The van der Waals surface area contributed by atoms with E-state index < -0.39 is 0 Å². The average Bonchev–Trinajstić information content (AvgIpc) is 3.46. The zero-order chi connectivity index (χ0) is 20.2. The Hall–Kier alpha value is -3.20. The molecule has 1 fully saturated rings. The van der Waals surface area contributed by atoms with E-state index in [9.17, 15) is 9.59 Å². The molecule has 2 amide bonds. The molecule has 3 aromatic rings. The summed E-state index contributed by atoms with van der Waals surface area (Å²) in [6.45, 7) is 1.00. The Labute approximate surface area is 172 Å². The molecule has 1 aromatic carbocycles. The highest BCUT2D eigenvalue weighted by molar-refractivity contribution is 7.13. The number of anilines is 1. The summed E-state index contributed by atoms with van der Waals surface area (Å²) in [6.07, 6.45) is 4.93. The number of carbonyl (C=O) groups excluding carboxylic acids is 2. The van der Waals surface area contributed by atoms with E-state index in [2.05, 4.69) is 15.4 Å². The normalized spacial score (nSPS) is 16.4. The van der Waals surface area contributed by atoms with Crippen LogP contribution in [-0.2, 0) is 4.79 Å². The molecule has 4 rings (SSSR count). The molecule has 9 heteroatoms. The minimum absolute atomic E-state index is 0.0961. The third-order valence-corrected chi connectivity index (χ3v) is 5.58. The van der Waals surface area contributed by atoms with Crippen LogP contribution in [-0.4, -0.2) is 51.7 Å². The third-order valence-electron chi connectivity index (χ3n) is 4.89. The second kappa shape index (κ2) is 8.44. The molecule has 1 atom stereocenters. The van der Waals surface area contributed by atoms with Crippen LogP contribution < -0.4 is 10.1 Å². The molecule has 0 saturated carbocycles. The molecular weight excluding hydrogens is 390 g/mol. The first-order chi connectivity index (χ1) is 14.1. The quantitative estimate of drug-likeness (QED) is 0.697. The van der Waals surface area contributed by atoms with Crippen molar-refractivity contribution in [1.82, 2.24) is 19.7 Å². The van der Waals surface area contributed by atoms with Crippen LogP contribution >= 0.6 is 11.3 Å². The van der Waals surface area contributed by atoms with E-state index in [1.165, 1.54) is 11.3 Å². The lowest BCUT2D eigenvalue weighted by Crippen LogP contribution is -2.43. The van der Waals surface area contributed by atoms with E-state index >= 15 is 0 Å². The number of benzene rings is 1. The number of methoxy groups -OCH3 is 1. The lowest BCUT2D eigenvalue weighted by molar-refractivity contribution is -0.121. The van der Waals surface area contributed by atoms with Crippen molar-refractivity contribution in [3.05, 3.63) is 53.8 Å². The summed E-state index contributed by atoms with van der Waals surface area (Å²) in [5.74, 6) is 0.248. The molecular formula is C20H21N5O3S. The van der Waals surface area contributed by atoms with Crippen LogP contribution in [0.4, 0.5) is 5.13 Å². The molecule has 1 unspecified atom stereocenters. The number of amides is 2. The number of ether oxygens (including phenoxy) is 1. The lowest BCUT2D eigenvalue weighted by atomic mass is 9.97. The van der Waals surface area contributed by atoms with E-state index in [0.717, 1.165) is 24.3 Å². The molecule has 0 spiro atoms. The maximum Gasteiger partial charge on any atom is 0.274 e. The first-order valence-corrected chi connectivity index (χ1v) is 10.2. The monoisotopic (exact) mass is 411 g/mol. The van der Waals surface area contributed by atoms with Crippen LogP contribution in [0.5, 0.6) is 5.75 Å². The number of nitrogens with one attached hydrogen (secondary N) is 1. The molecule has 0 radical (unpaired) electrons. The molecule has 2 aromatic heterocycles. The third kappa shape index (κ3) is 4.29. The van der Waals surface area contributed by atoms with Crippen molar-refractivity contribution in [2.45, 2.75) is 12.8 Å². The predicted octanol–water partition coefficient (Wildman–Crippen LogP) is 2.83. The molecule has 150 valence electrons. The van der Waals surface area contributed by atoms with Gasteiger partial charge in [0.15, 0.2) is 10.8 Å². The SMILES string of the molecule is COc1ccc(-n2ccc(C(=O)N3CCCC(C(=O)Nc4nccs4)C3)n2)cc1. The van der Waals surface area contributed by atoms with Gasteiger partial charge in [-0.15, -0.1) is 11.3 Å². The smallest absolute Gasteiger partial charge is 0.274 e. The van der Waals surface area contributed by atoms with Crippen LogP contribution in [0.25, 0.3) is 5.69 Å². The Kier molecular flexibility index (Phi) is 5.57. The summed E-state index contributed by atoms with van der Waals surface area (Å²) in [6, 6.07) is 9.13. The molecule has 1 saturated heterocycles. The zero-order valence-electron chi connectivity index (χ0n) is 15.9. The number of aromatic nitrogens is 3. The fourth-order valence-corrected chi connectivity index (χ4v) is 3.88. The highest BCUT2D eigenvalue weighted by Gasteiger charge is 2.30. The molecule has 29 heavy (non-hydrogen) atoms. The Morgan fingerprint density at radius 2 is 2.07 bits per heavy atom. The summed E-state index contributed by atoms with van der Waals surface area (Å²) in [7, 11) is 1.61. The van der Waals surface area contributed by atoms with Gasteiger partial charge >= 0.3 is 0 Å². The van der Waals surface area contributed by atoms with Crippen molar-refractivity contribution in [2.75, 3.05) is 25.5 Å². The zero-order valence-corrected chi connectivity index (χ0v) is 16.8. The summed E-state index contributed by atoms with van der Waals surface area (Å²) in [5, 5.41) is 9.64. The Bertz CT molecular complexity index is 984. The largest absolute Gasteiger partial charge is 0.497 e. The highest BCUT2D eigenvalue weighted by atomic mass is 32.1. The molecule has 0 bridgehead atoms. The van der Waals surface area contributed by atoms with Crippen LogP contribution in [0.15, 0.2) is 48.1 Å². The number of likely N-dealkylation sites (tertiary alicyclic amines) is 1. The second-order valence-corrected chi connectivity index (χ2v) is 7.65. The minimum Gasteiger partial charge on any atom is -0.497 e. The molecule has 1 aliphatic heterocycles. The molecule has 1 aliphatic rings. The Balaban J connectivity index is 1.42. The number of thiazole rings is 1. The van der Waals surface area contributed by atoms with Crippen molar-refractivity contribution >= 4 is 28.3 Å².